The van der Waals surface area contributed by atoms with Gasteiger partial charge in [-0.25, -0.2) is 9.59 Å². The van der Waals surface area contributed by atoms with Gasteiger partial charge in [-0.05, 0) is 76.8 Å². The number of carboxylic acids is 1. The Kier molecular flexibility index (Phi) is 9.91. The number of rotatable bonds is 5. The number of benzene rings is 2. The van der Waals surface area contributed by atoms with Gasteiger partial charge in [0.1, 0.15) is 34.7 Å². The quantitative estimate of drug-likeness (QED) is 0.381. The summed E-state index contributed by atoms with van der Waals surface area (Å²) in [7, 11) is 0. The summed E-state index contributed by atoms with van der Waals surface area (Å²) in [5, 5.41) is 15.8. The smallest absolute Gasteiger partial charge is 0.408 e. The highest BCUT2D eigenvalue weighted by molar-refractivity contribution is 5.97. The van der Waals surface area contributed by atoms with Crippen molar-refractivity contribution in [3.05, 3.63) is 72.3 Å². The number of carbonyl (C=O) groups is 5. The molecule has 12 nitrogen and oxygen atoms in total. The topological polar surface area (TPSA) is 155 Å². The van der Waals surface area contributed by atoms with Crippen molar-refractivity contribution in [3.8, 4) is 11.5 Å². The van der Waals surface area contributed by atoms with Gasteiger partial charge in [-0.1, -0.05) is 49.3 Å². The van der Waals surface area contributed by atoms with Crippen LogP contribution in [0, 0.1) is 17.8 Å². The summed E-state index contributed by atoms with van der Waals surface area (Å²) in [6.07, 6.45) is 6.76. The van der Waals surface area contributed by atoms with Crippen LogP contribution in [0.5, 0.6) is 11.5 Å². The van der Waals surface area contributed by atoms with Crippen LogP contribution in [-0.4, -0.2) is 87.5 Å². The zero-order valence-electron chi connectivity index (χ0n) is 28.8. The zero-order chi connectivity index (χ0) is 35.6. The Morgan fingerprint density at radius 1 is 0.960 bits per heavy atom. The van der Waals surface area contributed by atoms with E-state index in [9.17, 15) is 29.1 Å². The minimum atomic E-state index is -1.46. The van der Waals surface area contributed by atoms with Gasteiger partial charge >= 0.3 is 12.1 Å². The number of hydrogen-bond donors (Lipinski definition) is 3. The number of carbonyl (C=O) groups excluding carboxylic acids is 4. The Morgan fingerprint density at radius 3 is 2.46 bits per heavy atom. The summed E-state index contributed by atoms with van der Waals surface area (Å²) < 4.78 is 11.4. The summed E-state index contributed by atoms with van der Waals surface area (Å²) in [4.78, 5) is 71.0. The molecule has 2 aromatic carbocycles. The lowest BCUT2D eigenvalue weighted by Gasteiger charge is -2.33. The van der Waals surface area contributed by atoms with E-state index in [1.165, 1.54) is 4.90 Å². The number of alkyl carbamates (subject to hydrolysis) is 1. The number of nitrogens with one attached hydrogen (secondary N) is 2. The van der Waals surface area contributed by atoms with E-state index in [4.69, 9.17) is 9.47 Å². The number of allylic oxidation sites excluding steroid dienone is 1. The number of hydrogen-bond acceptors (Lipinski definition) is 7. The molecule has 50 heavy (non-hydrogen) atoms. The van der Waals surface area contributed by atoms with Crippen LogP contribution in [0.2, 0.25) is 0 Å². The van der Waals surface area contributed by atoms with E-state index in [0.29, 0.717) is 36.4 Å². The number of nitrogens with zero attached hydrogens (tertiary/aromatic N) is 2. The van der Waals surface area contributed by atoms with Crippen LogP contribution in [-0.2, 0) is 19.1 Å². The lowest BCUT2D eigenvalue weighted by Crippen LogP contribution is -2.58. The molecular formula is C38H46N4O8. The highest BCUT2D eigenvalue weighted by atomic mass is 16.6. The van der Waals surface area contributed by atoms with E-state index in [-0.39, 0.29) is 37.3 Å². The maximum atomic E-state index is 14.3. The molecule has 1 saturated carbocycles. The number of fused-ring (bicyclic) bond motifs is 4. The van der Waals surface area contributed by atoms with Gasteiger partial charge in [0.25, 0.3) is 5.91 Å². The van der Waals surface area contributed by atoms with Gasteiger partial charge in [0.05, 0.1) is 0 Å². The van der Waals surface area contributed by atoms with Gasteiger partial charge in [0.2, 0.25) is 11.8 Å². The Labute approximate surface area is 292 Å². The van der Waals surface area contributed by atoms with E-state index in [2.05, 4.69) is 10.6 Å². The molecule has 2 aromatic rings. The standard InChI is InChI=1S/C38H46N4O8/c1-37(2,3)50-36(48)39-30-18-11-6-4-5-8-14-26-20-38(26,35(46)47)40-32(43)31-29-23-41(21-25(29)22-42(31)34(30)45)33(44)24-13-12-17-28(19-24)49-27-15-9-7-10-16-27/h7-10,12-17,19,25-26,29-31H,4-6,11,18,20-23H2,1-3H3,(H,39,48)(H,40,43)(H,46,47)/b14-8-/t25-,26-,29-,30+,31-,38+/m0/s1. The number of ether oxygens (including phenoxy) is 2. The fraction of sp³-hybridized carbons (Fsp3) is 0.500. The third-order valence-corrected chi connectivity index (χ3v) is 10.0. The van der Waals surface area contributed by atoms with E-state index in [1.54, 1.807) is 49.9 Å². The lowest BCUT2D eigenvalue weighted by molar-refractivity contribution is -0.146. The van der Waals surface area contributed by atoms with Gasteiger partial charge in [0.15, 0.2) is 0 Å². The van der Waals surface area contributed by atoms with Crippen molar-refractivity contribution < 1.29 is 38.6 Å². The SMILES string of the molecule is CC(C)(C)OC(=O)N[C@@H]1CCCCC/C=C\[C@H]2C[C@@]2(C(=O)O)NC(=O)[C@@H]2[C@H]3CN(C(=O)c4cccc(Oc5ccccc5)c4)C[C@H]3CN2C1=O. The van der Waals surface area contributed by atoms with Crippen LogP contribution >= 0.6 is 0 Å². The molecule has 0 bridgehead atoms. The molecule has 4 aliphatic rings. The fourth-order valence-corrected chi connectivity index (χ4v) is 7.49. The molecule has 3 heterocycles. The van der Waals surface area contributed by atoms with Crippen LogP contribution < -0.4 is 15.4 Å². The van der Waals surface area contributed by atoms with Crippen LogP contribution in [0.25, 0.3) is 0 Å². The number of amides is 4. The predicted octanol–water partition coefficient (Wildman–Crippen LogP) is 4.75. The van der Waals surface area contributed by atoms with Crippen LogP contribution in [0.15, 0.2) is 66.7 Å². The number of carboxylic acid groups (broad SMARTS) is 1. The van der Waals surface area contributed by atoms with E-state index in [1.807, 2.05) is 42.5 Å². The number of likely N-dealkylation sites (tertiary alicyclic amines) is 1. The molecule has 1 aliphatic carbocycles. The average Bonchev–Trinajstić information content (AvgIpc) is 3.41. The first-order valence-corrected chi connectivity index (χ1v) is 17.5. The maximum absolute atomic E-state index is 14.3. The van der Waals surface area contributed by atoms with Crippen molar-refractivity contribution in [2.45, 2.75) is 82.5 Å². The van der Waals surface area contributed by atoms with Crippen molar-refractivity contribution in [3.63, 3.8) is 0 Å². The first kappa shape index (κ1) is 35.0. The Bertz CT molecular complexity index is 1660. The molecule has 0 spiro atoms. The largest absolute Gasteiger partial charge is 0.479 e. The van der Waals surface area contributed by atoms with Gasteiger partial charge in [-0.3, -0.25) is 14.4 Å². The highest BCUT2D eigenvalue weighted by Crippen LogP contribution is 2.46. The van der Waals surface area contributed by atoms with E-state index >= 15 is 0 Å². The lowest BCUT2D eigenvalue weighted by atomic mass is 9.93. The maximum Gasteiger partial charge on any atom is 0.408 e. The molecule has 4 amide bonds. The minimum Gasteiger partial charge on any atom is -0.479 e. The van der Waals surface area contributed by atoms with Crippen molar-refractivity contribution in [2.24, 2.45) is 17.8 Å². The molecule has 12 heteroatoms. The van der Waals surface area contributed by atoms with Gasteiger partial charge in [-0.2, -0.15) is 0 Å². The molecule has 0 aromatic heterocycles. The first-order chi connectivity index (χ1) is 23.8. The zero-order valence-corrected chi connectivity index (χ0v) is 28.8. The molecule has 6 atom stereocenters. The summed E-state index contributed by atoms with van der Waals surface area (Å²) in [6.45, 7) is 5.90. The monoisotopic (exact) mass is 686 g/mol. The van der Waals surface area contributed by atoms with Crippen LogP contribution in [0.4, 0.5) is 4.79 Å². The Morgan fingerprint density at radius 2 is 1.72 bits per heavy atom. The third kappa shape index (κ3) is 7.64. The molecular weight excluding hydrogens is 640 g/mol. The second kappa shape index (κ2) is 14.2. The Hall–Kier alpha value is -4.87. The fourth-order valence-electron chi connectivity index (χ4n) is 7.49. The third-order valence-electron chi connectivity index (χ3n) is 10.0. The van der Waals surface area contributed by atoms with Crippen LogP contribution in [0.3, 0.4) is 0 Å². The summed E-state index contributed by atoms with van der Waals surface area (Å²) in [5.41, 5.74) is -1.80. The molecule has 3 aliphatic heterocycles. The summed E-state index contributed by atoms with van der Waals surface area (Å²) in [5.74, 6) is -2.22. The predicted molar refractivity (Wildman–Crippen MR) is 183 cm³/mol. The first-order valence-electron chi connectivity index (χ1n) is 17.5. The molecule has 0 unspecified atom stereocenters. The van der Waals surface area contributed by atoms with E-state index < -0.39 is 53.0 Å². The average molecular weight is 687 g/mol. The summed E-state index contributed by atoms with van der Waals surface area (Å²) >= 11 is 0. The van der Waals surface area contributed by atoms with Crippen molar-refractivity contribution >= 4 is 29.8 Å². The number of aliphatic carboxylic acids is 1. The normalized spacial score (nSPS) is 28.9. The van der Waals surface area contributed by atoms with Crippen LogP contribution in [0.1, 0.15) is 69.7 Å². The van der Waals surface area contributed by atoms with Gasteiger partial charge in [0, 0.05) is 43.0 Å². The summed E-state index contributed by atoms with van der Waals surface area (Å²) in [6, 6.07) is 14.2. The second-order valence-corrected chi connectivity index (χ2v) is 14.9. The van der Waals surface area contributed by atoms with Crippen molar-refractivity contribution in [1.82, 2.24) is 20.4 Å². The highest BCUT2D eigenvalue weighted by Gasteiger charge is 2.62. The van der Waals surface area contributed by atoms with Gasteiger partial charge < -0.3 is 35.0 Å². The Balaban J connectivity index is 1.25. The molecule has 266 valence electrons. The molecule has 0 radical (unpaired) electrons. The molecule has 6 rings (SSSR count). The minimum absolute atomic E-state index is 0.179. The molecule has 3 fully saturated rings. The molecule has 3 N–H and O–H groups in total. The van der Waals surface area contributed by atoms with Gasteiger partial charge in [-0.15, -0.1) is 0 Å². The van der Waals surface area contributed by atoms with Crippen molar-refractivity contribution in [2.75, 3.05) is 19.6 Å². The van der Waals surface area contributed by atoms with E-state index in [0.717, 1.165) is 19.3 Å². The number of para-hydroxylation sites is 1. The van der Waals surface area contributed by atoms with Crippen molar-refractivity contribution in [1.29, 1.82) is 0 Å². The molecule has 2 saturated heterocycles. The second-order valence-electron chi connectivity index (χ2n) is 14.9.